The van der Waals surface area contributed by atoms with Crippen LogP contribution in [0.5, 0.6) is 0 Å². The summed E-state index contributed by atoms with van der Waals surface area (Å²) in [5.41, 5.74) is -1.23. The van der Waals surface area contributed by atoms with Gasteiger partial charge in [-0.15, -0.1) is 6.58 Å². The lowest BCUT2D eigenvalue weighted by atomic mass is 9.83. The maximum atomic E-state index is 11.4. The zero-order chi connectivity index (χ0) is 10.4. The molecule has 0 aliphatic carbocycles. The van der Waals surface area contributed by atoms with E-state index in [4.69, 9.17) is 23.6 Å². The van der Waals surface area contributed by atoms with Crippen LogP contribution in [-0.4, -0.2) is 25.9 Å². The summed E-state index contributed by atoms with van der Waals surface area (Å²) >= 11 is 11.7. The van der Waals surface area contributed by atoms with Crippen LogP contribution in [0, 0.1) is 0 Å². The van der Waals surface area contributed by atoms with Gasteiger partial charge in [0.05, 0.1) is 5.54 Å². The fourth-order valence-corrected chi connectivity index (χ4v) is 1.92. The molecule has 0 N–H and O–H groups in total. The number of rotatable bonds is 1. The second-order valence-corrected chi connectivity index (χ2v) is 4.43. The number of urea groups is 1. The third-order valence-corrected chi connectivity index (χ3v) is 3.93. The average molecular weight is 223 g/mol. The van der Waals surface area contributed by atoms with Gasteiger partial charge in [0.25, 0.3) is 0 Å². The van der Waals surface area contributed by atoms with Gasteiger partial charge in [0.2, 0.25) is 0 Å². The number of nitrogens with zero attached hydrogens (tertiary/aromatic N) is 2. The summed E-state index contributed by atoms with van der Waals surface area (Å²) in [5, 5.41) is 0. The Morgan fingerprint density at radius 1 is 1.31 bits per heavy atom. The summed E-state index contributed by atoms with van der Waals surface area (Å²) in [4.78, 5) is 11.4. The summed E-state index contributed by atoms with van der Waals surface area (Å²) in [6.45, 7) is 9.15. The quantitative estimate of drug-likeness (QED) is 0.495. The molecule has 0 aromatic heterocycles. The van der Waals surface area contributed by atoms with E-state index in [1.807, 2.05) is 20.8 Å². The van der Waals surface area contributed by atoms with Crippen molar-refractivity contribution in [1.82, 2.24) is 8.84 Å². The molecule has 1 unspecified atom stereocenters. The van der Waals surface area contributed by atoms with Gasteiger partial charge in [0.1, 0.15) is 5.54 Å². The van der Waals surface area contributed by atoms with Crippen molar-refractivity contribution in [1.29, 1.82) is 0 Å². The Labute approximate surface area is 88.1 Å². The van der Waals surface area contributed by atoms with E-state index in [9.17, 15) is 4.79 Å². The molecule has 5 heteroatoms. The van der Waals surface area contributed by atoms with Gasteiger partial charge in [-0.2, -0.15) is 0 Å². The first-order valence-electron chi connectivity index (χ1n) is 3.88. The van der Waals surface area contributed by atoms with Gasteiger partial charge < -0.3 is 0 Å². The fourth-order valence-electron chi connectivity index (χ4n) is 1.28. The Morgan fingerprint density at radius 3 is 1.92 bits per heavy atom. The number of amides is 2. The summed E-state index contributed by atoms with van der Waals surface area (Å²) in [6, 6.07) is -0.421. The van der Waals surface area contributed by atoms with Gasteiger partial charge in [-0.3, -0.25) is 0 Å². The van der Waals surface area contributed by atoms with E-state index in [1.165, 1.54) is 0 Å². The molecule has 0 spiro atoms. The molecule has 1 rings (SSSR count). The van der Waals surface area contributed by atoms with Crippen molar-refractivity contribution < 1.29 is 4.79 Å². The number of carbonyl (C=O) groups is 1. The van der Waals surface area contributed by atoms with Crippen LogP contribution in [-0.2, 0) is 0 Å². The molecule has 74 valence electrons. The van der Waals surface area contributed by atoms with E-state index in [2.05, 4.69) is 6.58 Å². The van der Waals surface area contributed by atoms with Crippen LogP contribution in [0.25, 0.3) is 0 Å². The van der Waals surface area contributed by atoms with Crippen molar-refractivity contribution in [2.24, 2.45) is 0 Å². The SMILES string of the molecule is C=CC1(C)N(Cl)C(=O)N(Cl)C1(C)C. The zero-order valence-electron chi connectivity index (χ0n) is 7.84. The molecule has 1 atom stereocenters. The minimum atomic E-state index is -0.659. The van der Waals surface area contributed by atoms with Crippen molar-refractivity contribution in [2.45, 2.75) is 31.8 Å². The molecule has 3 nitrogen and oxygen atoms in total. The van der Waals surface area contributed by atoms with Crippen LogP contribution >= 0.6 is 23.6 Å². The van der Waals surface area contributed by atoms with Gasteiger partial charge in [-0.1, -0.05) is 6.08 Å². The molecule has 0 bridgehead atoms. The van der Waals surface area contributed by atoms with Crippen molar-refractivity contribution in [3.05, 3.63) is 12.7 Å². The van der Waals surface area contributed by atoms with Crippen LogP contribution < -0.4 is 0 Å². The van der Waals surface area contributed by atoms with Crippen molar-refractivity contribution >= 4 is 29.6 Å². The second kappa shape index (κ2) is 2.79. The minimum Gasteiger partial charge on any atom is -0.246 e. The summed E-state index contributed by atoms with van der Waals surface area (Å²) < 4.78 is 2.18. The topological polar surface area (TPSA) is 23.6 Å². The normalized spacial score (nSPS) is 32.5. The van der Waals surface area contributed by atoms with Crippen LogP contribution in [0.1, 0.15) is 20.8 Å². The third-order valence-electron chi connectivity index (χ3n) is 2.87. The molecule has 1 saturated heterocycles. The molecule has 2 amide bonds. The largest absolute Gasteiger partial charge is 0.350 e. The monoisotopic (exact) mass is 222 g/mol. The lowest BCUT2D eigenvalue weighted by Gasteiger charge is -2.37. The van der Waals surface area contributed by atoms with Crippen LogP contribution in [0.4, 0.5) is 4.79 Å². The Morgan fingerprint density at radius 2 is 1.77 bits per heavy atom. The molecular weight excluding hydrogens is 211 g/mol. The second-order valence-electron chi connectivity index (χ2n) is 3.75. The minimum absolute atomic E-state index is 0.421. The zero-order valence-corrected chi connectivity index (χ0v) is 9.35. The first-order valence-corrected chi connectivity index (χ1v) is 4.56. The van der Waals surface area contributed by atoms with Crippen molar-refractivity contribution in [3.8, 4) is 0 Å². The molecule has 0 aromatic carbocycles. The lowest BCUT2D eigenvalue weighted by molar-refractivity contribution is 0.215. The number of halogens is 2. The maximum absolute atomic E-state index is 11.4. The van der Waals surface area contributed by atoms with E-state index in [-0.39, 0.29) is 0 Å². The summed E-state index contributed by atoms with van der Waals surface area (Å²) in [6.07, 6.45) is 1.63. The van der Waals surface area contributed by atoms with Gasteiger partial charge in [-0.05, 0) is 20.8 Å². The molecule has 1 fully saturated rings. The van der Waals surface area contributed by atoms with Gasteiger partial charge >= 0.3 is 6.03 Å². The first kappa shape index (κ1) is 10.7. The Balaban J connectivity index is 3.24. The lowest BCUT2D eigenvalue weighted by Crippen LogP contribution is -2.51. The predicted molar refractivity (Wildman–Crippen MR) is 53.5 cm³/mol. The third kappa shape index (κ3) is 1.07. The number of hydrogen-bond donors (Lipinski definition) is 0. The Hall–Kier alpha value is -0.410. The maximum Gasteiger partial charge on any atom is 0.350 e. The molecule has 0 aromatic rings. The van der Waals surface area contributed by atoms with Crippen LogP contribution in [0.2, 0.25) is 0 Å². The van der Waals surface area contributed by atoms with Crippen LogP contribution in [0.3, 0.4) is 0 Å². The van der Waals surface area contributed by atoms with Crippen molar-refractivity contribution in [3.63, 3.8) is 0 Å². The first-order chi connectivity index (χ1) is 5.79. The van der Waals surface area contributed by atoms with E-state index in [0.29, 0.717) is 0 Å². The highest BCUT2D eigenvalue weighted by atomic mass is 35.5. The summed E-state index contributed by atoms with van der Waals surface area (Å²) in [7, 11) is 0. The number of hydrogen-bond acceptors (Lipinski definition) is 1. The molecule has 0 radical (unpaired) electrons. The van der Waals surface area contributed by atoms with Crippen LogP contribution in [0.15, 0.2) is 12.7 Å². The molecule has 13 heavy (non-hydrogen) atoms. The van der Waals surface area contributed by atoms with E-state index in [0.717, 1.165) is 8.84 Å². The summed E-state index contributed by atoms with van der Waals surface area (Å²) in [5.74, 6) is 0. The Kier molecular flexibility index (Phi) is 2.29. The highest BCUT2D eigenvalue weighted by Crippen LogP contribution is 2.44. The van der Waals surface area contributed by atoms with Gasteiger partial charge in [-0.25, -0.2) is 13.6 Å². The van der Waals surface area contributed by atoms with E-state index in [1.54, 1.807) is 6.08 Å². The van der Waals surface area contributed by atoms with Gasteiger partial charge in [0, 0.05) is 23.6 Å². The highest BCUT2D eigenvalue weighted by Gasteiger charge is 2.58. The molecule has 0 saturated carbocycles. The predicted octanol–water partition coefficient (Wildman–Crippen LogP) is 2.75. The van der Waals surface area contributed by atoms with Crippen molar-refractivity contribution in [2.75, 3.05) is 0 Å². The standard InChI is InChI=1S/C8H12Cl2N2O/c1-5-8(4)7(2,3)11(9)6(13)12(8)10/h5H,1H2,2-4H3. The average Bonchev–Trinajstić information content (AvgIpc) is 2.20. The van der Waals surface area contributed by atoms with E-state index < -0.39 is 17.1 Å². The Bertz CT molecular complexity index is 267. The highest BCUT2D eigenvalue weighted by molar-refractivity contribution is 6.30. The number of carbonyl (C=O) groups excluding carboxylic acids is 1. The molecule has 1 aliphatic rings. The molecule has 1 aliphatic heterocycles. The molecular formula is C8H12Cl2N2O. The fraction of sp³-hybridized carbons (Fsp3) is 0.625. The smallest absolute Gasteiger partial charge is 0.246 e. The van der Waals surface area contributed by atoms with E-state index >= 15 is 0 Å². The molecule has 1 heterocycles. The van der Waals surface area contributed by atoms with Gasteiger partial charge in [0.15, 0.2) is 0 Å².